The second-order valence-corrected chi connectivity index (χ2v) is 9.14. The lowest BCUT2D eigenvalue weighted by atomic mass is 9.93. The van der Waals surface area contributed by atoms with Gasteiger partial charge in [0.2, 0.25) is 0 Å². The van der Waals surface area contributed by atoms with Gasteiger partial charge in [-0.2, -0.15) is 13.2 Å². The van der Waals surface area contributed by atoms with E-state index in [-0.39, 0.29) is 0 Å². The number of carbonyl (C=O) groups excluding carboxylic acids is 1. The van der Waals surface area contributed by atoms with Crippen LogP contribution in [0.4, 0.5) is 13.2 Å². The first-order valence-electron chi connectivity index (χ1n) is 9.56. The standard InChI is InChI=1S/C18H24F3N3O4S/c19-18(20,21)29(26,27)16-15(2-1-6-22-16)17(25)24-8-4-14(5-9-24)3-7-23-10-12-28-13-11-23/h1-2,6,14H,3-5,7-13H2. The van der Waals surface area contributed by atoms with E-state index in [1.54, 1.807) is 0 Å². The summed E-state index contributed by atoms with van der Waals surface area (Å²) in [6.07, 6.45) is 3.39. The Morgan fingerprint density at radius 2 is 1.83 bits per heavy atom. The van der Waals surface area contributed by atoms with Crippen LogP contribution in [0.1, 0.15) is 29.6 Å². The normalized spacial score (nSPS) is 20.0. The predicted octanol–water partition coefficient (Wildman–Crippen LogP) is 1.95. The van der Waals surface area contributed by atoms with Crippen molar-refractivity contribution in [2.45, 2.75) is 29.8 Å². The predicted molar refractivity (Wildman–Crippen MR) is 98.0 cm³/mol. The van der Waals surface area contributed by atoms with Crippen LogP contribution in [0.15, 0.2) is 23.4 Å². The van der Waals surface area contributed by atoms with Crippen molar-refractivity contribution < 1.29 is 31.1 Å². The number of hydrogen-bond donors (Lipinski definition) is 0. The molecule has 0 radical (unpaired) electrons. The number of nitrogens with zero attached hydrogens (tertiary/aromatic N) is 3. The fraction of sp³-hybridized carbons (Fsp3) is 0.667. The Kier molecular flexibility index (Phi) is 6.79. The fourth-order valence-corrected chi connectivity index (χ4v) is 4.53. The minimum atomic E-state index is -5.70. The fourth-order valence-electron chi connectivity index (χ4n) is 3.66. The van der Waals surface area contributed by atoms with Gasteiger partial charge in [-0.05, 0) is 43.9 Å². The zero-order valence-electron chi connectivity index (χ0n) is 15.9. The monoisotopic (exact) mass is 435 g/mol. The second kappa shape index (κ2) is 8.97. The highest BCUT2D eigenvalue weighted by Gasteiger charge is 2.49. The Morgan fingerprint density at radius 3 is 2.45 bits per heavy atom. The summed E-state index contributed by atoms with van der Waals surface area (Å²) in [5, 5.41) is -1.23. The third-order valence-electron chi connectivity index (χ3n) is 5.42. The molecule has 1 aromatic heterocycles. The first-order valence-corrected chi connectivity index (χ1v) is 11.0. The maximum Gasteiger partial charge on any atom is 0.503 e. The quantitative estimate of drug-likeness (QED) is 0.704. The number of piperidine rings is 1. The molecule has 7 nitrogen and oxygen atoms in total. The molecule has 2 saturated heterocycles. The van der Waals surface area contributed by atoms with E-state index in [9.17, 15) is 26.4 Å². The van der Waals surface area contributed by atoms with Gasteiger partial charge >= 0.3 is 5.51 Å². The van der Waals surface area contributed by atoms with Crippen molar-refractivity contribution in [1.82, 2.24) is 14.8 Å². The molecule has 0 unspecified atom stereocenters. The number of pyridine rings is 1. The van der Waals surface area contributed by atoms with Crippen molar-refractivity contribution in [3.8, 4) is 0 Å². The minimum absolute atomic E-state index is 0.382. The summed E-state index contributed by atoms with van der Waals surface area (Å²) in [6, 6.07) is 2.34. The van der Waals surface area contributed by atoms with E-state index in [0.29, 0.717) is 19.0 Å². The molecule has 2 fully saturated rings. The number of aromatic nitrogens is 1. The van der Waals surface area contributed by atoms with Gasteiger partial charge in [-0.3, -0.25) is 9.69 Å². The Labute approximate surface area is 167 Å². The molecule has 3 rings (SSSR count). The van der Waals surface area contributed by atoms with Crippen LogP contribution in [-0.2, 0) is 14.6 Å². The van der Waals surface area contributed by atoms with Crippen molar-refractivity contribution in [2.75, 3.05) is 45.9 Å². The lowest BCUT2D eigenvalue weighted by Gasteiger charge is -2.34. The smallest absolute Gasteiger partial charge is 0.379 e. The molecule has 1 aromatic rings. The van der Waals surface area contributed by atoms with Gasteiger partial charge in [0.15, 0.2) is 5.03 Å². The van der Waals surface area contributed by atoms with Gasteiger partial charge in [0.1, 0.15) is 0 Å². The van der Waals surface area contributed by atoms with Crippen molar-refractivity contribution in [1.29, 1.82) is 0 Å². The number of ether oxygens (including phenoxy) is 1. The van der Waals surface area contributed by atoms with Gasteiger partial charge in [0, 0.05) is 32.4 Å². The molecule has 29 heavy (non-hydrogen) atoms. The summed E-state index contributed by atoms with van der Waals surface area (Å²) in [5.74, 6) is -0.304. The van der Waals surface area contributed by atoms with Gasteiger partial charge in [-0.15, -0.1) is 0 Å². The van der Waals surface area contributed by atoms with Crippen LogP contribution in [0.5, 0.6) is 0 Å². The number of likely N-dealkylation sites (tertiary alicyclic amines) is 1. The molecule has 3 heterocycles. The SMILES string of the molecule is O=C(c1cccnc1S(=O)(=O)C(F)(F)F)N1CCC(CCN2CCOCC2)CC1. The van der Waals surface area contributed by atoms with Crippen LogP contribution in [0.25, 0.3) is 0 Å². The number of sulfone groups is 1. The van der Waals surface area contributed by atoms with E-state index < -0.39 is 31.8 Å². The highest BCUT2D eigenvalue weighted by molar-refractivity contribution is 7.92. The Hall–Kier alpha value is -1.72. The summed E-state index contributed by atoms with van der Waals surface area (Å²) in [7, 11) is -5.70. The van der Waals surface area contributed by atoms with E-state index in [4.69, 9.17) is 4.74 Å². The summed E-state index contributed by atoms with van der Waals surface area (Å²) in [5.41, 5.74) is -6.04. The molecule has 0 aliphatic carbocycles. The summed E-state index contributed by atoms with van der Waals surface area (Å²) in [4.78, 5) is 19.8. The molecule has 0 saturated carbocycles. The zero-order chi connectivity index (χ0) is 21.1. The third-order valence-corrected chi connectivity index (χ3v) is 6.86. The molecule has 2 aliphatic heterocycles. The average molecular weight is 435 g/mol. The molecule has 0 aromatic carbocycles. The molecule has 0 atom stereocenters. The first kappa shape index (κ1) is 22.0. The van der Waals surface area contributed by atoms with Gasteiger partial charge in [-0.25, -0.2) is 13.4 Å². The maximum atomic E-state index is 12.9. The van der Waals surface area contributed by atoms with Crippen molar-refractivity contribution in [2.24, 2.45) is 5.92 Å². The number of halogens is 3. The molecule has 0 bridgehead atoms. The third kappa shape index (κ3) is 5.07. The molecular formula is C18H24F3N3O4S. The van der Waals surface area contributed by atoms with Crippen LogP contribution < -0.4 is 0 Å². The number of rotatable bonds is 5. The lowest BCUT2D eigenvalue weighted by molar-refractivity contribution is -0.0438. The molecule has 0 N–H and O–H groups in total. The topological polar surface area (TPSA) is 79.8 Å². The molecule has 11 heteroatoms. The van der Waals surface area contributed by atoms with Gasteiger partial charge < -0.3 is 9.64 Å². The van der Waals surface area contributed by atoms with E-state index in [2.05, 4.69) is 9.88 Å². The van der Waals surface area contributed by atoms with Gasteiger partial charge in [-0.1, -0.05) is 0 Å². The van der Waals surface area contributed by atoms with E-state index >= 15 is 0 Å². The van der Waals surface area contributed by atoms with E-state index in [1.165, 1.54) is 11.0 Å². The van der Waals surface area contributed by atoms with Crippen LogP contribution in [0, 0.1) is 5.92 Å². The summed E-state index contributed by atoms with van der Waals surface area (Å²) < 4.78 is 67.7. The van der Waals surface area contributed by atoms with E-state index in [1.807, 2.05) is 0 Å². The number of hydrogen-bond acceptors (Lipinski definition) is 6. The summed E-state index contributed by atoms with van der Waals surface area (Å²) >= 11 is 0. The van der Waals surface area contributed by atoms with Gasteiger partial charge in [0.25, 0.3) is 15.7 Å². The molecule has 2 aliphatic rings. The number of morpholine rings is 1. The Morgan fingerprint density at radius 1 is 1.17 bits per heavy atom. The number of carbonyl (C=O) groups is 1. The van der Waals surface area contributed by atoms with Crippen LogP contribution in [-0.4, -0.2) is 80.6 Å². The zero-order valence-corrected chi connectivity index (χ0v) is 16.7. The number of alkyl halides is 3. The highest BCUT2D eigenvalue weighted by atomic mass is 32.2. The minimum Gasteiger partial charge on any atom is -0.379 e. The van der Waals surface area contributed by atoms with Crippen molar-refractivity contribution >= 4 is 15.7 Å². The van der Waals surface area contributed by atoms with Crippen LogP contribution >= 0.6 is 0 Å². The van der Waals surface area contributed by atoms with Crippen molar-refractivity contribution in [3.63, 3.8) is 0 Å². The van der Waals surface area contributed by atoms with Gasteiger partial charge in [0.05, 0.1) is 18.8 Å². The molecule has 1 amide bonds. The number of amides is 1. The highest BCUT2D eigenvalue weighted by Crippen LogP contribution is 2.32. The van der Waals surface area contributed by atoms with E-state index in [0.717, 1.165) is 64.4 Å². The molecule has 0 spiro atoms. The Bertz CT molecular complexity index is 818. The largest absolute Gasteiger partial charge is 0.503 e. The molecule has 162 valence electrons. The second-order valence-electron chi connectivity index (χ2n) is 7.28. The molecular weight excluding hydrogens is 411 g/mol. The average Bonchev–Trinajstić information content (AvgIpc) is 2.72. The maximum absolute atomic E-state index is 12.9. The summed E-state index contributed by atoms with van der Waals surface area (Å²) in [6.45, 7) is 5.02. The Balaban J connectivity index is 1.61. The van der Waals surface area contributed by atoms with Crippen LogP contribution in [0.2, 0.25) is 0 Å². The lowest BCUT2D eigenvalue weighted by Crippen LogP contribution is -2.41. The van der Waals surface area contributed by atoms with Crippen LogP contribution in [0.3, 0.4) is 0 Å². The van der Waals surface area contributed by atoms with Crippen molar-refractivity contribution in [3.05, 3.63) is 23.9 Å². The first-order chi connectivity index (χ1) is 13.7.